The number of aliphatic hydroxyl groups excluding tert-OH is 1. The third-order valence-corrected chi connectivity index (χ3v) is 8.50. The van der Waals surface area contributed by atoms with Gasteiger partial charge < -0.3 is 15.8 Å². The third-order valence-electron chi connectivity index (χ3n) is 8.50. The van der Waals surface area contributed by atoms with Crippen LogP contribution in [0.3, 0.4) is 0 Å². The highest BCUT2D eigenvalue weighted by Crippen LogP contribution is 2.56. The Morgan fingerprint density at radius 2 is 1.93 bits per heavy atom. The van der Waals surface area contributed by atoms with Crippen LogP contribution in [0.25, 0.3) is 0 Å². The number of carbonyl (C=O) groups excluding carboxylic acids is 1. The van der Waals surface area contributed by atoms with Gasteiger partial charge >= 0.3 is 6.03 Å². The monoisotopic (exact) mass is 535 g/mol. The quantitative estimate of drug-likeness (QED) is 0.272. The lowest BCUT2D eigenvalue weighted by Gasteiger charge is -2.40. The van der Waals surface area contributed by atoms with Gasteiger partial charge in [-0.05, 0) is 72.9 Å². The number of amides is 2. The molecule has 2 aliphatic carbocycles. The first-order chi connectivity index (χ1) is 19.5. The van der Waals surface area contributed by atoms with Gasteiger partial charge in [-0.2, -0.15) is 0 Å². The molecule has 4 atom stereocenters. The number of aliphatic hydroxyl groups is 1. The molecule has 0 bridgehead atoms. The molecule has 2 aliphatic rings. The molecule has 2 aromatic carbocycles. The van der Waals surface area contributed by atoms with E-state index < -0.39 is 0 Å². The van der Waals surface area contributed by atoms with Crippen LogP contribution in [0.2, 0.25) is 0 Å². The van der Waals surface area contributed by atoms with Crippen LogP contribution in [0.5, 0.6) is 0 Å². The van der Waals surface area contributed by atoms with Crippen molar-refractivity contribution in [2.24, 2.45) is 22.2 Å². The Kier molecular flexibility index (Phi) is 8.51. The zero-order chi connectivity index (χ0) is 28.0. The summed E-state index contributed by atoms with van der Waals surface area (Å²) in [6.45, 7) is 2.41. The topological polar surface area (TPSA) is 102 Å². The predicted molar refractivity (Wildman–Crippen MR) is 160 cm³/mol. The van der Waals surface area contributed by atoms with Crippen molar-refractivity contribution in [3.63, 3.8) is 0 Å². The van der Waals surface area contributed by atoms with Crippen molar-refractivity contribution in [1.82, 2.24) is 10.3 Å². The van der Waals surface area contributed by atoms with Crippen LogP contribution in [0.15, 0.2) is 102 Å². The normalized spacial score (nSPS) is 23.6. The van der Waals surface area contributed by atoms with Crippen LogP contribution < -0.4 is 10.2 Å². The van der Waals surface area contributed by atoms with Crippen LogP contribution in [-0.2, 0) is 0 Å². The Bertz CT molecular complexity index is 1360. The molecule has 7 nitrogen and oxygen atoms in total. The fourth-order valence-electron chi connectivity index (χ4n) is 6.32. The van der Waals surface area contributed by atoms with E-state index in [0.717, 1.165) is 48.3 Å². The largest absolute Gasteiger partial charge is 0.395 e. The zero-order valence-corrected chi connectivity index (χ0v) is 22.9. The SMILES string of the molecule is CC12CC(C=N)C(=Nc3cccnc3)C=C1CCC2CC(NC(=O)N(CCO)c1ccccc1)c1ccccc1. The molecular weight excluding hydrogens is 498 g/mol. The Morgan fingerprint density at radius 1 is 1.18 bits per heavy atom. The molecule has 3 aromatic rings. The Balaban J connectivity index is 1.41. The van der Waals surface area contributed by atoms with Gasteiger partial charge in [0.15, 0.2) is 0 Å². The van der Waals surface area contributed by atoms with Crippen molar-refractivity contribution in [2.45, 2.75) is 38.6 Å². The first-order valence-electron chi connectivity index (χ1n) is 14.0. The first-order valence-corrected chi connectivity index (χ1v) is 14.0. The lowest BCUT2D eigenvalue weighted by atomic mass is 9.65. The summed E-state index contributed by atoms with van der Waals surface area (Å²) >= 11 is 0. The van der Waals surface area contributed by atoms with Crippen molar-refractivity contribution in [2.75, 3.05) is 18.1 Å². The highest BCUT2D eigenvalue weighted by molar-refractivity contribution is 6.08. The van der Waals surface area contributed by atoms with Gasteiger partial charge in [-0.3, -0.25) is 14.9 Å². The number of hydrogen-bond acceptors (Lipinski definition) is 5. The second-order valence-corrected chi connectivity index (χ2v) is 10.9. The summed E-state index contributed by atoms with van der Waals surface area (Å²) in [6.07, 6.45) is 10.8. The number of benzene rings is 2. The molecule has 2 amide bonds. The van der Waals surface area contributed by atoms with E-state index in [1.165, 1.54) is 11.8 Å². The minimum absolute atomic E-state index is 0.0718. The van der Waals surface area contributed by atoms with Crippen molar-refractivity contribution in [3.8, 4) is 0 Å². The number of carbonyl (C=O) groups is 1. The zero-order valence-electron chi connectivity index (χ0n) is 22.9. The molecule has 7 heteroatoms. The maximum absolute atomic E-state index is 13.6. The van der Waals surface area contributed by atoms with Crippen molar-refractivity contribution in [3.05, 3.63) is 102 Å². The average molecular weight is 536 g/mol. The van der Waals surface area contributed by atoms with E-state index in [4.69, 9.17) is 10.4 Å². The number of para-hydroxylation sites is 1. The molecule has 0 saturated heterocycles. The Morgan fingerprint density at radius 3 is 2.60 bits per heavy atom. The summed E-state index contributed by atoms with van der Waals surface area (Å²) in [7, 11) is 0. The van der Waals surface area contributed by atoms with E-state index in [-0.39, 0.29) is 36.6 Å². The predicted octanol–water partition coefficient (Wildman–Crippen LogP) is 6.51. The summed E-state index contributed by atoms with van der Waals surface area (Å²) in [5.41, 5.74) is 4.83. The number of anilines is 1. The van der Waals surface area contributed by atoms with Crippen molar-refractivity contribution >= 4 is 29.3 Å². The van der Waals surface area contributed by atoms with E-state index in [9.17, 15) is 9.90 Å². The highest BCUT2D eigenvalue weighted by atomic mass is 16.3. The van der Waals surface area contributed by atoms with E-state index in [1.807, 2.05) is 60.7 Å². The van der Waals surface area contributed by atoms with Crippen molar-refractivity contribution in [1.29, 1.82) is 5.41 Å². The molecule has 206 valence electrons. The number of fused-ring (bicyclic) bond motifs is 1. The molecule has 40 heavy (non-hydrogen) atoms. The number of pyridine rings is 1. The number of nitrogens with one attached hydrogen (secondary N) is 2. The van der Waals surface area contributed by atoms with Gasteiger partial charge in [-0.1, -0.05) is 61.0 Å². The number of aliphatic imine (C=N–C) groups is 1. The fraction of sp³-hybridized carbons (Fsp3) is 0.333. The number of aromatic nitrogens is 1. The molecule has 0 radical (unpaired) electrons. The summed E-state index contributed by atoms with van der Waals surface area (Å²) < 4.78 is 0. The van der Waals surface area contributed by atoms with Gasteiger partial charge in [0.05, 0.1) is 31.1 Å². The van der Waals surface area contributed by atoms with Crippen LogP contribution in [-0.4, -0.2) is 41.2 Å². The average Bonchev–Trinajstić information content (AvgIpc) is 3.31. The summed E-state index contributed by atoms with van der Waals surface area (Å²) in [5, 5.41) is 21.2. The van der Waals surface area contributed by atoms with Crippen molar-refractivity contribution < 1.29 is 9.90 Å². The van der Waals surface area contributed by atoms with Gasteiger partial charge in [0.1, 0.15) is 0 Å². The standard InChI is InChI=1S/C33H37N5O2/c1-33-21-25(22-34)31(36-28-11-8-16-35-23-28)20-27(33)15-14-26(33)19-30(24-9-4-2-5-10-24)37-32(40)38(17-18-39)29-12-6-3-7-13-29/h2-13,16,20,22-23,25-26,30,34,39H,14-15,17-19,21H2,1H3,(H,37,40). The maximum Gasteiger partial charge on any atom is 0.322 e. The molecule has 0 spiro atoms. The van der Waals surface area contributed by atoms with E-state index in [1.54, 1.807) is 17.3 Å². The maximum atomic E-state index is 13.6. The first kappa shape index (κ1) is 27.5. The van der Waals surface area contributed by atoms with Crippen LogP contribution in [0.4, 0.5) is 16.2 Å². The molecular formula is C33H37N5O2. The molecule has 3 N–H and O–H groups in total. The van der Waals surface area contributed by atoms with Crippen LogP contribution in [0, 0.1) is 22.7 Å². The minimum Gasteiger partial charge on any atom is -0.395 e. The molecule has 0 aliphatic heterocycles. The van der Waals surface area contributed by atoms with Gasteiger partial charge in [0.25, 0.3) is 0 Å². The summed E-state index contributed by atoms with van der Waals surface area (Å²) in [5.74, 6) is 0.257. The Hall–Kier alpha value is -4.10. The van der Waals surface area contributed by atoms with E-state index >= 15 is 0 Å². The second kappa shape index (κ2) is 12.4. The molecule has 5 rings (SSSR count). The smallest absolute Gasteiger partial charge is 0.322 e. The van der Waals surface area contributed by atoms with Gasteiger partial charge in [0, 0.05) is 29.7 Å². The van der Waals surface area contributed by atoms with Crippen LogP contribution >= 0.6 is 0 Å². The Labute approximate surface area is 236 Å². The molecule has 1 saturated carbocycles. The highest BCUT2D eigenvalue weighted by Gasteiger charge is 2.47. The van der Waals surface area contributed by atoms with E-state index in [0.29, 0.717) is 5.92 Å². The van der Waals surface area contributed by atoms with E-state index in [2.05, 4.69) is 35.4 Å². The fourth-order valence-corrected chi connectivity index (χ4v) is 6.32. The summed E-state index contributed by atoms with van der Waals surface area (Å²) in [6, 6.07) is 23.0. The summed E-state index contributed by atoms with van der Waals surface area (Å²) in [4.78, 5) is 24.2. The van der Waals surface area contributed by atoms with Crippen LogP contribution in [0.1, 0.15) is 44.2 Å². The number of allylic oxidation sites excluding steroid dienone is 2. The number of rotatable bonds is 9. The van der Waals surface area contributed by atoms with Gasteiger partial charge in [0.2, 0.25) is 0 Å². The molecule has 1 fully saturated rings. The van der Waals surface area contributed by atoms with Gasteiger partial charge in [-0.15, -0.1) is 0 Å². The number of urea groups is 1. The number of hydrogen-bond donors (Lipinski definition) is 3. The third kappa shape index (κ3) is 5.89. The molecule has 4 unspecified atom stereocenters. The second-order valence-electron chi connectivity index (χ2n) is 10.9. The van der Waals surface area contributed by atoms with Gasteiger partial charge in [-0.25, -0.2) is 4.79 Å². The molecule has 1 aromatic heterocycles. The number of nitrogens with zero attached hydrogens (tertiary/aromatic N) is 3. The molecule has 1 heterocycles. The lowest BCUT2D eigenvalue weighted by molar-refractivity contribution is 0.205. The minimum atomic E-state index is -0.222. The lowest BCUT2D eigenvalue weighted by Crippen LogP contribution is -2.44.